The molecule has 8 aromatic rings. The topological polar surface area (TPSA) is 54.5 Å². The molecule has 6 aromatic carbocycles. The Morgan fingerprint density at radius 1 is 0.475 bits per heavy atom. The maximum Gasteiger partial charge on any atom is 0.0329 e. The predicted octanol–water partition coefficient (Wildman–Crippen LogP) is 17.0. The van der Waals surface area contributed by atoms with Gasteiger partial charge in [-0.05, 0) is 138 Å². The number of rotatable bonds is 14. The van der Waals surface area contributed by atoms with Crippen LogP contribution in [0.3, 0.4) is 0 Å². The van der Waals surface area contributed by atoms with Crippen molar-refractivity contribution < 1.29 is 45.9 Å². The zero-order chi connectivity index (χ0) is 54.7. The average molecular weight is 1420 g/mol. The molecule has 0 amide bonds. The average Bonchev–Trinajstić information content (AvgIpc) is 4.10. The first kappa shape index (κ1) is 59.7. The normalized spacial score (nSPS) is 13.5. The van der Waals surface area contributed by atoms with E-state index in [0.717, 1.165) is 68.1 Å². The summed E-state index contributed by atoms with van der Waals surface area (Å²) in [5, 5.41) is 0. The number of benzene rings is 6. The summed E-state index contributed by atoms with van der Waals surface area (Å²) in [5.41, 5.74) is 19.8. The molecule has 3 aliphatic heterocycles. The Balaban J connectivity index is 0.000000217. The molecule has 11 rings (SSSR count). The van der Waals surface area contributed by atoms with Crippen molar-refractivity contribution in [1.82, 2.24) is 9.97 Å². The van der Waals surface area contributed by atoms with E-state index in [0.29, 0.717) is 22.9 Å². The molecule has 2 aromatic heterocycles. The van der Waals surface area contributed by atoms with Gasteiger partial charge < -0.3 is 44.1 Å². The van der Waals surface area contributed by atoms with E-state index < -0.39 is 0 Å². The van der Waals surface area contributed by atoms with E-state index in [1.807, 2.05) is 24.3 Å². The SMILES string of the molecule is CCCCN1[CH-]N(c2[c-]c(Oc3[c-]c(-c4[c-]cccn4)ncc3)ccc2)c2ccccc21.Cc1cc2c(cc1C)N(c1[c-]cc(C(C)(C)C)cc1)[CH-]N2CCCCN1[CH-]N(c2[c-]cc(C(C)(C)C)cc2)c2cc(C)c(C)cc21.[Ir].[Pt]. The van der Waals surface area contributed by atoms with Crippen molar-refractivity contribution in [3.63, 3.8) is 0 Å². The maximum absolute atomic E-state index is 6.07. The van der Waals surface area contributed by atoms with E-state index in [1.165, 1.54) is 61.8 Å². The monoisotopic (exact) mass is 1420 g/mol. The van der Waals surface area contributed by atoms with Crippen LogP contribution in [0.2, 0.25) is 0 Å². The fourth-order valence-electron chi connectivity index (χ4n) is 9.95. The van der Waals surface area contributed by atoms with E-state index in [1.54, 1.807) is 24.5 Å². The fourth-order valence-corrected chi connectivity index (χ4v) is 9.95. The Labute approximate surface area is 505 Å². The van der Waals surface area contributed by atoms with Crippen molar-refractivity contribution in [3.05, 3.63) is 217 Å². The van der Waals surface area contributed by atoms with E-state index in [4.69, 9.17) is 4.74 Å². The first-order valence-corrected chi connectivity index (χ1v) is 27.5. The van der Waals surface area contributed by atoms with E-state index in [9.17, 15) is 0 Å². The van der Waals surface area contributed by atoms with Crippen molar-refractivity contribution in [2.45, 2.75) is 113 Å². The molecule has 80 heavy (non-hydrogen) atoms. The van der Waals surface area contributed by atoms with Crippen molar-refractivity contribution in [1.29, 1.82) is 0 Å². The van der Waals surface area contributed by atoms with Gasteiger partial charge in [-0.25, -0.2) is 6.07 Å². The van der Waals surface area contributed by atoms with Gasteiger partial charge in [0.25, 0.3) is 0 Å². The number of aryl methyl sites for hydroxylation is 4. The Morgan fingerprint density at radius 3 is 1.46 bits per heavy atom. The molecular formula is C69H72IrN8OPt-8. The molecule has 0 unspecified atom stereocenters. The minimum Gasteiger partial charge on any atom is -0.510 e. The molecule has 3 aliphatic rings. The van der Waals surface area contributed by atoms with Gasteiger partial charge in [-0.3, -0.25) is 0 Å². The first-order chi connectivity index (χ1) is 37.5. The van der Waals surface area contributed by atoms with E-state index in [2.05, 4.69) is 251 Å². The molecule has 9 nitrogen and oxygen atoms in total. The van der Waals surface area contributed by atoms with Crippen LogP contribution in [0, 0.1) is 78.0 Å². The van der Waals surface area contributed by atoms with Crippen LogP contribution < -0.4 is 34.1 Å². The molecule has 11 heteroatoms. The van der Waals surface area contributed by atoms with Crippen LogP contribution in [0.15, 0.2) is 134 Å². The maximum atomic E-state index is 6.07. The van der Waals surface area contributed by atoms with Crippen molar-refractivity contribution in [3.8, 4) is 22.9 Å². The van der Waals surface area contributed by atoms with Crippen molar-refractivity contribution >= 4 is 51.2 Å². The molecular weight excluding hydrogens is 1340 g/mol. The quantitative estimate of drug-likeness (QED) is 0.0783. The first-order valence-electron chi connectivity index (χ1n) is 27.5. The zero-order valence-corrected chi connectivity index (χ0v) is 52.7. The summed E-state index contributed by atoms with van der Waals surface area (Å²) in [6.07, 6.45) is 7.85. The van der Waals surface area contributed by atoms with Gasteiger partial charge in [-0.2, -0.15) is 85.7 Å². The van der Waals surface area contributed by atoms with Gasteiger partial charge in [-0.15, -0.1) is 70.9 Å². The molecule has 0 aliphatic carbocycles. The number of para-hydroxylation sites is 2. The van der Waals surface area contributed by atoms with Crippen molar-refractivity contribution in [2.24, 2.45) is 0 Å². The Hall–Kier alpha value is -6.44. The van der Waals surface area contributed by atoms with Crippen LogP contribution in [0.25, 0.3) is 11.4 Å². The van der Waals surface area contributed by atoms with Gasteiger partial charge in [0.2, 0.25) is 0 Å². The number of aromatic nitrogens is 2. The van der Waals surface area contributed by atoms with Crippen LogP contribution >= 0.6 is 0 Å². The van der Waals surface area contributed by atoms with Gasteiger partial charge in [0, 0.05) is 86.8 Å². The second-order valence-electron chi connectivity index (χ2n) is 22.8. The molecule has 5 heterocycles. The van der Waals surface area contributed by atoms with Gasteiger partial charge in [0.1, 0.15) is 0 Å². The largest absolute Gasteiger partial charge is 0.510 e. The molecule has 0 saturated carbocycles. The molecule has 0 spiro atoms. The molecule has 421 valence electrons. The van der Waals surface area contributed by atoms with Gasteiger partial charge in [0.05, 0.1) is 0 Å². The molecule has 0 N–H and O–H groups in total. The van der Waals surface area contributed by atoms with Gasteiger partial charge >= 0.3 is 0 Å². The Kier molecular flexibility index (Phi) is 19.1. The molecule has 1 radical (unpaired) electrons. The summed E-state index contributed by atoms with van der Waals surface area (Å²) < 4.78 is 6.07. The predicted molar refractivity (Wildman–Crippen MR) is 322 cm³/mol. The minimum absolute atomic E-state index is 0. The number of fused-ring (bicyclic) bond motifs is 3. The molecule has 0 fully saturated rings. The summed E-state index contributed by atoms with van der Waals surface area (Å²) in [6, 6.07) is 59.1. The Bertz CT molecular complexity index is 3230. The number of hydrogen-bond acceptors (Lipinski definition) is 9. The van der Waals surface area contributed by atoms with Gasteiger partial charge in [-0.1, -0.05) is 77.8 Å². The summed E-state index contributed by atoms with van der Waals surface area (Å²) in [6.45, 7) is 34.2. The van der Waals surface area contributed by atoms with Crippen LogP contribution in [0.5, 0.6) is 11.5 Å². The number of pyridine rings is 2. The second-order valence-corrected chi connectivity index (χ2v) is 22.8. The third-order valence-corrected chi connectivity index (χ3v) is 14.9. The smallest absolute Gasteiger partial charge is 0.0329 e. The van der Waals surface area contributed by atoms with Crippen LogP contribution in [0.1, 0.15) is 108 Å². The van der Waals surface area contributed by atoms with Crippen molar-refractivity contribution in [2.75, 3.05) is 49.0 Å². The second kappa shape index (κ2) is 25.6. The number of unbranched alkanes of at least 4 members (excludes halogenated alkanes) is 2. The van der Waals surface area contributed by atoms with Gasteiger partial charge in [0.15, 0.2) is 0 Å². The van der Waals surface area contributed by atoms with Crippen LogP contribution in [-0.2, 0) is 52.0 Å². The number of ether oxygens (including phenoxy) is 1. The standard InChI is InChI=1S/C42H50N4.C27H22N4O.Ir.Pt/c1-29-23-37-39(25-31(29)3)45(35-17-13-33(14-18-35)41(5,6)7)27-43(37)21-11-12-22-44-28-46(40-26-32(4)30(2)24-38(40)44)36-19-15-34(16-20-36)42(8,9)10;1-2-3-17-30-20-31(27-13-5-4-12-26(27)30)21-9-8-10-22(18-21)32-23-14-16-29-25(19-23)24-11-6-7-15-28-24;;/h13-17,19,23-28H,11-12,21-22H2,1-10H3;4-10,12-16,20H,2-3,17H2,1H3;;/q2*-4;;. The number of anilines is 9. The third-order valence-electron chi connectivity index (χ3n) is 14.9. The Morgan fingerprint density at radius 2 is 0.963 bits per heavy atom. The molecule has 0 atom stereocenters. The molecule has 0 saturated heterocycles. The zero-order valence-electron chi connectivity index (χ0n) is 48.0. The molecule has 0 bridgehead atoms. The van der Waals surface area contributed by atoms with E-state index in [-0.39, 0.29) is 52.0 Å². The van der Waals surface area contributed by atoms with Crippen LogP contribution in [0.4, 0.5) is 51.2 Å². The summed E-state index contributed by atoms with van der Waals surface area (Å²) in [4.78, 5) is 22.5. The fraction of sp³-hybridized carbons (Fsp3) is 0.290. The van der Waals surface area contributed by atoms with E-state index >= 15 is 0 Å². The number of nitrogens with zero attached hydrogens (tertiary/aromatic N) is 8. The minimum atomic E-state index is 0. The summed E-state index contributed by atoms with van der Waals surface area (Å²) >= 11 is 0. The summed E-state index contributed by atoms with van der Waals surface area (Å²) in [5.74, 6) is 1.16. The van der Waals surface area contributed by atoms with Crippen LogP contribution in [-0.4, -0.2) is 29.6 Å². The third kappa shape index (κ3) is 13.3. The summed E-state index contributed by atoms with van der Waals surface area (Å²) in [7, 11) is 0. The number of hydrogen-bond donors (Lipinski definition) is 0.